The zero-order valence-electron chi connectivity index (χ0n) is 6.93. The Balaban J connectivity index is 1.92. The van der Waals surface area contributed by atoms with Gasteiger partial charge in [-0.3, -0.25) is 0 Å². The van der Waals surface area contributed by atoms with Crippen molar-refractivity contribution in [2.75, 3.05) is 32.9 Å². The normalized spacial score (nSPS) is 36.3. The average molecular weight is 157 g/mol. The summed E-state index contributed by atoms with van der Waals surface area (Å²) in [6, 6.07) is 0. The Hall–Kier alpha value is -0.120. The first-order valence-electron chi connectivity index (χ1n) is 4.21. The van der Waals surface area contributed by atoms with Crippen molar-refractivity contribution in [1.82, 2.24) is 5.32 Å². The molecule has 2 fully saturated rings. The van der Waals surface area contributed by atoms with E-state index in [1.807, 2.05) is 0 Å². The molecule has 1 spiro atoms. The van der Waals surface area contributed by atoms with E-state index in [9.17, 15) is 0 Å². The standard InChI is InChI=1S/C8H15NO2/c1-7-2-9-3-8(6-11-7)4-10-5-8/h7,9H,2-6H2,1H3/t7-/m1/s1. The van der Waals surface area contributed by atoms with E-state index < -0.39 is 0 Å². The number of nitrogens with one attached hydrogen (secondary N) is 1. The maximum atomic E-state index is 5.62. The second-order valence-corrected chi connectivity index (χ2v) is 3.75. The summed E-state index contributed by atoms with van der Waals surface area (Å²) in [5.41, 5.74) is 0.310. The Bertz CT molecular complexity index is 145. The first kappa shape index (κ1) is 7.53. The number of ether oxygens (including phenoxy) is 2. The molecule has 1 N–H and O–H groups in total. The molecule has 2 saturated heterocycles. The van der Waals surface area contributed by atoms with E-state index in [2.05, 4.69) is 12.2 Å². The quantitative estimate of drug-likeness (QED) is 0.537. The third-order valence-electron chi connectivity index (χ3n) is 2.42. The van der Waals surface area contributed by atoms with Crippen LogP contribution < -0.4 is 5.32 Å². The highest BCUT2D eigenvalue weighted by atomic mass is 16.5. The Morgan fingerprint density at radius 1 is 1.36 bits per heavy atom. The maximum absolute atomic E-state index is 5.62. The Kier molecular flexibility index (Phi) is 1.87. The van der Waals surface area contributed by atoms with Crippen molar-refractivity contribution in [3.63, 3.8) is 0 Å². The van der Waals surface area contributed by atoms with Crippen molar-refractivity contribution in [2.24, 2.45) is 5.41 Å². The average Bonchev–Trinajstić information content (AvgIpc) is 2.09. The summed E-state index contributed by atoms with van der Waals surface area (Å²) in [6.07, 6.45) is 0.356. The van der Waals surface area contributed by atoms with Gasteiger partial charge >= 0.3 is 0 Å². The molecule has 2 aliphatic rings. The van der Waals surface area contributed by atoms with Gasteiger partial charge in [0.1, 0.15) is 0 Å². The molecule has 2 aliphatic heterocycles. The summed E-state index contributed by atoms with van der Waals surface area (Å²) in [5.74, 6) is 0. The van der Waals surface area contributed by atoms with Crippen LogP contribution in [0.5, 0.6) is 0 Å². The molecule has 1 atom stereocenters. The van der Waals surface area contributed by atoms with Gasteiger partial charge < -0.3 is 14.8 Å². The van der Waals surface area contributed by atoms with Crippen LogP contribution in [0.25, 0.3) is 0 Å². The van der Waals surface area contributed by atoms with Crippen LogP contribution in [-0.4, -0.2) is 39.0 Å². The molecule has 0 unspecified atom stereocenters. The summed E-state index contributed by atoms with van der Waals surface area (Å²) < 4.78 is 10.8. The van der Waals surface area contributed by atoms with Crippen molar-refractivity contribution in [2.45, 2.75) is 13.0 Å². The molecule has 0 aliphatic carbocycles. The van der Waals surface area contributed by atoms with E-state index in [1.165, 1.54) is 0 Å². The smallest absolute Gasteiger partial charge is 0.0671 e. The lowest BCUT2D eigenvalue weighted by atomic mass is 9.87. The second-order valence-electron chi connectivity index (χ2n) is 3.75. The van der Waals surface area contributed by atoms with Gasteiger partial charge in [0, 0.05) is 13.1 Å². The van der Waals surface area contributed by atoms with Crippen molar-refractivity contribution >= 4 is 0 Å². The molecule has 0 aromatic heterocycles. The molecule has 2 rings (SSSR count). The minimum Gasteiger partial charge on any atom is -0.380 e. The molecular formula is C8H15NO2. The van der Waals surface area contributed by atoms with Crippen LogP contribution in [0.15, 0.2) is 0 Å². The molecule has 3 nitrogen and oxygen atoms in total. The van der Waals surface area contributed by atoms with Crippen LogP contribution in [-0.2, 0) is 9.47 Å². The van der Waals surface area contributed by atoms with Gasteiger partial charge in [0.25, 0.3) is 0 Å². The molecule has 0 aromatic rings. The third-order valence-corrected chi connectivity index (χ3v) is 2.42. The van der Waals surface area contributed by atoms with E-state index in [0.717, 1.165) is 32.9 Å². The summed E-state index contributed by atoms with van der Waals surface area (Å²) in [4.78, 5) is 0. The summed E-state index contributed by atoms with van der Waals surface area (Å²) in [5, 5.41) is 3.38. The van der Waals surface area contributed by atoms with Crippen molar-refractivity contribution in [1.29, 1.82) is 0 Å². The molecule has 0 bridgehead atoms. The van der Waals surface area contributed by atoms with Crippen molar-refractivity contribution in [3.05, 3.63) is 0 Å². The Morgan fingerprint density at radius 3 is 2.82 bits per heavy atom. The first-order chi connectivity index (χ1) is 5.31. The lowest BCUT2D eigenvalue weighted by molar-refractivity contribution is -0.143. The largest absolute Gasteiger partial charge is 0.380 e. The van der Waals surface area contributed by atoms with E-state index >= 15 is 0 Å². The Morgan fingerprint density at radius 2 is 2.18 bits per heavy atom. The minimum absolute atomic E-state index is 0.310. The van der Waals surface area contributed by atoms with Gasteiger partial charge in [0.05, 0.1) is 31.3 Å². The number of hydrogen-bond donors (Lipinski definition) is 1. The molecule has 0 amide bonds. The molecule has 0 radical (unpaired) electrons. The highest BCUT2D eigenvalue weighted by Gasteiger charge is 2.40. The highest BCUT2D eigenvalue weighted by Crippen LogP contribution is 2.28. The van der Waals surface area contributed by atoms with Gasteiger partial charge in [-0.15, -0.1) is 0 Å². The molecule has 64 valence electrons. The van der Waals surface area contributed by atoms with Crippen molar-refractivity contribution < 1.29 is 9.47 Å². The maximum Gasteiger partial charge on any atom is 0.0671 e. The van der Waals surface area contributed by atoms with Crippen LogP contribution in [0.2, 0.25) is 0 Å². The van der Waals surface area contributed by atoms with Gasteiger partial charge in [0.2, 0.25) is 0 Å². The van der Waals surface area contributed by atoms with Gasteiger partial charge in [-0.25, -0.2) is 0 Å². The molecule has 0 saturated carbocycles. The zero-order valence-corrected chi connectivity index (χ0v) is 6.93. The lowest BCUT2D eigenvalue weighted by Crippen LogP contribution is -2.51. The molecule has 2 heterocycles. The molecule has 0 aromatic carbocycles. The topological polar surface area (TPSA) is 30.5 Å². The van der Waals surface area contributed by atoms with E-state index in [1.54, 1.807) is 0 Å². The lowest BCUT2D eigenvalue weighted by Gasteiger charge is -2.39. The van der Waals surface area contributed by atoms with E-state index in [-0.39, 0.29) is 0 Å². The number of rotatable bonds is 0. The van der Waals surface area contributed by atoms with Crippen LogP contribution in [0.3, 0.4) is 0 Å². The Labute approximate surface area is 67.1 Å². The van der Waals surface area contributed by atoms with E-state index in [0.29, 0.717) is 11.5 Å². The number of hydrogen-bond acceptors (Lipinski definition) is 3. The molecule has 3 heteroatoms. The van der Waals surface area contributed by atoms with Gasteiger partial charge in [-0.05, 0) is 6.92 Å². The third kappa shape index (κ3) is 1.41. The molecule has 11 heavy (non-hydrogen) atoms. The van der Waals surface area contributed by atoms with Gasteiger partial charge in [0.15, 0.2) is 0 Å². The summed E-state index contributed by atoms with van der Waals surface area (Å²) in [6.45, 7) is 6.73. The molecular weight excluding hydrogens is 142 g/mol. The predicted octanol–water partition coefficient (Wildman–Crippen LogP) is 0.0113. The fraction of sp³-hybridized carbons (Fsp3) is 1.00. The van der Waals surface area contributed by atoms with Crippen LogP contribution in [0.4, 0.5) is 0 Å². The van der Waals surface area contributed by atoms with E-state index in [4.69, 9.17) is 9.47 Å². The van der Waals surface area contributed by atoms with Crippen LogP contribution >= 0.6 is 0 Å². The van der Waals surface area contributed by atoms with Crippen molar-refractivity contribution in [3.8, 4) is 0 Å². The SMILES string of the molecule is C[C@@H]1CNCC2(COC2)CO1. The highest BCUT2D eigenvalue weighted by molar-refractivity contribution is 4.89. The fourth-order valence-corrected chi connectivity index (χ4v) is 1.55. The van der Waals surface area contributed by atoms with Crippen LogP contribution in [0, 0.1) is 5.41 Å². The fourth-order valence-electron chi connectivity index (χ4n) is 1.55. The van der Waals surface area contributed by atoms with Gasteiger partial charge in [-0.1, -0.05) is 0 Å². The second kappa shape index (κ2) is 2.73. The first-order valence-corrected chi connectivity index (χ1v) is 4.21. The predicted molar refractivity (Wildman–Crippen MR) is 41.5 cm³/mol. The summed E-state index contributed by atoms with van der Waals surface area (Å²) >= 11 is 0. The minimum atomic E-state index is 0.310. The van der Waals surface area contributed by atoms with Crippen LogP contribution in [0.1, 0.15) is 6.92 Å². The van der Waals surface area contributed by atoms with Gasteiger partial charge in [-0.2, -0.15) is 0 Å². The summed E-state index contributed by atoms with van der Waals surface area (Å²) in [7, 11) is 0. The monoisotopic (exact) mass is 157 g/mol. The zero-order chi connectivity index (χ0) is 7.73.